The molecule has 4 aromatic rings. The van der Waals surface area contributed by atoms with Gasteiger partial charge in [0.15, 0.2) is 6.04 Å². The molecule has 1 atom stereocenters. The maximum Gasteiger partial charge on any atom is 0.251 e. The fourth-order valence-corrected chi connectivity index (χ4v) is 5.19. The Hall–Kier alpha value is -4.40. The maximum atomic E-state index is 14.1. The van der Waals surface area contributed by atoms with E-state index in [2.05, 4.69) is 25.7 Å². The van der Waals surface area contributed by atoms with Gasteiger partial charge < -0.3 is 5.32 Å². The van der Waals surface area contributed by atoms with E-state index in [1.165, 1.54) is 16.1 Å². The minimum atomic E-state index is -0.959. The maximum absolute atomic E-state index is 14.1. The van der Waals surface area contributed by atoms with E-state index in [-0.39, 0.29) is 24.4 Å². The minimum Gasteiger partial charge on any atom is -0.351 e. The number of anilines is 1. The summed E-state index contributed by atoms with van der Waals surface area (Å²) in [6, 6.07) is 19.9. The van der Waals surface area contributed by atoms with Gasteiger partial charge in [0.2, 0.25) is 11.7 Å². The van der Waals surface area contributed by atoms with Crippen LogP contribution in [0.15, 0.2) is 72.9 Å². The van der Waals surface area contributed by atoms with Gasteiger partial charge in [0.25, 0.3) is 5.91 Å². The summed E-state index contributed by atoms with van der Waals surface area (Å²) in [6.45, 7) is 3.76. The van der Waals surface area contributed by atoms with Crippen LogP contribution in [0.1, 0.15) is 55.0 Å². The van der Waals surface area contributed by atoms with Crippen molar-refractivity contribution in [3.05, 3.63) is 89.7 Å². The van der Waals surface area contributed by atoms with E-state index in [0.717, 1.165) is 42.4 Å². The third-order valence-corrected chi connectivity index (χ3v) is 6.94. The number of aromatic nitrogens is 5. The minimum absolute atomic E-state index is 0.0825. The van der Waals surface area contributed by atoms with Gasteiger partial charge in [-0.3, -0.25) is 19.5 Å². The zero-order chi connectivity index (χ0) is 27.2. The van der Waals surface area contributed by atoms with Crippen LogP contribution in [0, 0.1) is 13.8 Å². The summed E-state index contributed by atoms with van der Waals surface area (Å²) < 4.78 is 0. The van der Waals surface area contributed by atoms with Crippen LogP contribution in [0.2, 0.25) is 0 Å². The normalized spacial score (nSPS) is 14.5. The molecule has 0 saturated heterocycles. The number of amides is 2. The predicted molar refractivity (Wildman–Crippen MR) is 149 cm³/mol. The van der Waals surface area contributed by atoms with Crippen molar-refractivity contribution in [1.29, 1.82) is 0 Å². The summed E-state index contributed by atoms with van der Waals surface area (Å²) in [4.78, 5) is 35.3. The molecule has 1 saturated carbocycles. The molecule has 0 bridgehead atoms. The van der Waals surface area contributed by atoms with Crippen molar-refractivity contribution in [2.24, 2.45) is 0 Å². The van der Waals surface area contributed by atoms with Gasteiger partial charge in [0, 0.05) is 23.5 Å². The lowest BCUT2D eigenvalue weighted by atomic mass is 9.95. The zero-order valence-corrected chi connectivity index (χ0v) is 22.3. The van der Waals surface area contributed by atoms with Crippen LogP contribution in [0.4, 0.5) is 5.69 Å². The second-order valence-electron chi connectivity index (χ2n) is 10.1. The number of hydrogen-bond donors (Lipinski definition) is 1. The number of rotatable bonds is 8. The van der Waals surface area contributed by atoms with E-state index in [9.17, 15) is 9.59 Å². The summed E-state index contributed by atoms with van der Waals surface area (Å²) in [5, 5.41) is 15.9. The Morgan fingerprint density at radius 3 is 2.38 bits per heavy atom. The molecule has 0 unspecified atom stereocenters. The van der Waals surface area contributed by atoms with Crippen molar-refractivity contribution >= 4 is 17.5 Å². The van der Waals surface area contributed by atoms with E-state index >= 15 is 0 Å². The number of benzene rings is 2. The second-order valence-corrected chi connectivity index (χ2v) is 10.1. The van der Waals surface area contributed by atoms with Crippen LogP contribution in [0.3, 0.4) is 0 Å². The Labute approximate surface area is 228 Å². The van der Waals surface area contributed by atoms with E-state index in [4.69, 9.17) is 0 Å². The number of tetrazole rings is 1. The van der Waals surface area contributed by atoms with E-state index < -0.39 is 6.04 Å². The molecule has 5 rings (SSSR count). The van der Waals surface area contributed by atoms with Crippen molar-refractivity contribution in [2.75, 3.05) is 4.90 Å². The van der Waals surface area contributed by atoms with Crippen molar-refractivity contribution in [1.82, 2.24) is 30.5 Å². The second kappa shape index (κ2) is 12.0. The Morgan fingerprint density at radius 1 is 0.974 bits per heavy atom. The Bertz CT molecular complexity index is 1400. The molecule has 200 valence electrons. The van der Waals surface area contributed by atoms with E-state index in [1.54, 1.807) is 18.3 Å². The number of carbonyl (C=O) groups excluding carboxylic acids is 2. The molecule has 39 heavy (non-hydrogen) atoms. The average molecular weight is 524 g/mol. The number of aryl methyl sites for hydroxylation is 2. The fourth-order valence-electron chi connectivity index (χ4n) is 5.19. The molecular formula is C30H33N7O2. The summed E-state index contributed by atoms with van der Waals surface area (Å²) in [6.07, 6.45) is 6.86. The Morgan fingerprint density at radius 2 is 1.69 bits per heavy atom. The first-order valence-electron chi connectivity index (χ1n) is 13.4. The van der Waals surface area contributed by atoms with Crippen LogP contribution < -0.4 is 10.2 Å². The highest BCUT2D eigenvalue weighted by Gasteiger charge is 2.35. The molecule has 9 heteroatoms. The quantitative estimate of drug-likeness (QED) is 0.363. The third kappa shape index (κ3) is 6.37. The molecule has 1 aliphatic rings. The number of hydrogen-bond acceptors (Lipinski definition) is 6. The van der Waals surface area contributed by atoms with Crippen molar-refractivity contribution in [3.63, 3.8) is 0 Å². The molecule has 1 aliphatic carbocycles. The molecule has 0 aliphatic heterocycles. The smallest absolute Gasteiger partial charge is 0.251 e. The van der Waals surface area contributed by atoms with Gasteiger partial charge >= 0.3 is 0 Å². The number of pyridine rings is 1. The van der Waals surface area contributed by atoms with Gasteiger partial charge in [0.05, 0.1) is 5.69 Å². The molecule has 2 heterocycles. The van der Waals surface area contributed by atoms with E-state index in [1.807, 2.05) is 68.4 Å². The Balaban J connectivity index is 1.51. The van der Waals surface area contributed by atoms with Crippen LogP contribution in [0.25, 0.3) is 11.4 Å². The lowest BCUT2D eigenvalue weighted by Gasteiger charge is -2.33. The first-order valence-corrected chi connectivity index (χ1v) is 13.4. The fraction of sp³-hybridized carbons (Fsp3) is 0.333. The largest absolute Gasteiger partial charge is 0.351 e. The molecule has 0 radical (unpaired) electrons. The molecule has 0 spiro atoms. The molecular weight excluding hydrogens is 490 g/mol. The SMILES string of the molecule is Cc1cc(C)cc(N(C(=O)Cn2nnc(-c3ccccc3)n2)[C@H](C(=O)NC2CCCCC2)c2ccccn2)c1. The van der Waals surface area contributed by atoms with Crippen LogP contribution in [0.5, 0.6) is 0 Å². The van der Waals surface area contributed by atoms with Gasteiger partial charge in [0.1, 0.15) is 6.54 Å². The lowest BCUT2D eigenvalue weighted by Crippen LogP contribution is -2.48. The molecule has 1 N–H and O–H groups in total. The average Bonchev–Trinajstić information content (AvgIpc) is 3.41. The summed E-state index contributed by atoms with van der Waals surface area (Å²) in [7, 11) is 0. The summed E-state index contributed by atoms with van der Waals surface area (Å²) in [5.74, 6) is -0.159. The van der Waals surface area contributed by atoms with Gasteiger partial charge in [-0.05, 0) is 67.3 Å². The number of nitrogens with one attached hydrogen (secondary N) is 1. The number of carbonyl (C=O) groups is 2. The zero-order valence-electron chi connectivity index (χ0n) is 22.3. The van der Waals surface area contributed by atoms with E-state index in [0.29, 0.717) is 17.2 Å². The van der Waals surface area contributed by atoms with Gasteiger partial charge in [-0.2, -0.15) is 4.80 Å². The highest BCUT2D eigenvalue weighted by atomic mass is 16.2. The highest BCUT2D eigenvalue weighted by molar-refractivity contribution is 6.01. The monoisotopic (exact) mass is 523 g/mol. The first-order chi connectivity index (χ1) is 19.0. The molecule has 9 nitrogen and oxygen atoms in total. The molecule has 2 aromatic carbocycles. The van der Waals surface area contributed by atoms with Crippen molar-refractivity contribution in [2.45, 2.75) is 64.6 Å². The Kier molecular flexibility index (Phi) is 8.05. The van der Waals surface area contributed by atoms with Crippen LogP contribution >= 0.6 is 0 Å². The van der Waals surface area contributed by atoms with Crippen molar-refractivity contribution in [3.8, 4) is 11.4 Å². The van der Waals surface area contributed by atoms with Gasteiger partial charge in [-0.1, -0.05) is 61.7 Å². The van der Waals surface area contributed by atoms with Gasteiger partial charge in [-0.25, -0.2) is 0 Å². The topological polar surface area (TPSA) is 106 Å². The summed E-state index contributed by atoms with van der Waals surface area (Å²) in [5.41, 5.74) is 3.90. The highest BCUT2D eigenvalue weighted by Crippen LogP contribution is 2.30. The standard InChI is InChI=1S/C30H33N7O2/c1-21-17-22(2)19-25(18-21)37(27(38)20-36-34-29(33-35-36)23-11-5-3-6-12-23)28(26-15-9-10-16-31-26)30(39)32-24-13-7-4-8-14-24/h3,5-6,9-12,15-19,24,28H,4,7-8,13-14,20H2,1-2H3,(H,32,39)/t28-/m0/s1. The van der Waals surface area contributed by atoms with Gasteiger partial charge in [-0.15, -0.1) is 10.2 Å². The number of nitrogens with zero attached hydrogens (tertiary/aromatic N) is 6. The van der Waals surface area contributed by atoms with Crippen LogP contribution in [-0.4, -0.2) is 43.0 Å². The molecule has 1 fully saturated rings. The molecule has 2 aromatic heterocycles. The van der Waals surface area contributed by atoms with Crippen LogP contribution in [-0.2, 0) is 16.1 Å². The third-order valence-electron chi connectivity index (χ3n) is 6.94. The first kappa shape index (κ1) is 26.2. The predicted octanol–water partition coefficient (Wildman–Crippen LogP) is 4.58. The molecule has 2 amide bonds. The van der Waals surface area contributed by atoms with Crippen molar-refractivity contribution < 1.29 is 9.59 Å². The lowest BCUT2D eigenvalue weighted by molar-refractivity contribution is -0.127. The summed E-state index contributed by atoms with van der Waals surface area (Å²) >= 11 is 0.